The average Bonchev–Trinajstić information content (AvgIpc) is 1.96. The van der Waals surface area contributed by atoms with E-state index in [-0.39, 0.29) is 12.0 Å². The van der Waals surface area contributed by atoms with E-state index < -0.39 is 0 Å². The van der Waals surface area contributed by atoms with Gasteiger partial charge in [-0.25, -0.2) is 0 Å². The molecule has 0 aromatic carbocycles. The van der Waals surface area contributed by atoms with E-state index in [4.69, 9.17) is 0 Å². The highest BCUT2D eigenvalue weighted by molar-refractivity contribution is 4.86. The molecule has 2 N–H and O–H groups in total. The van der Waals surface area contributed by atoms with Gasteiger partial charge in [0.25, 0.3) is 0 Å². The minimum atomic E-state index is 0.201. The molecule has 0 heterocycles. The zero-order valence-corrected chi connectivity index (χ0v) is 9.89. The molecule has 13 heavy (non-hydrogen) atoms. The zero-order chi connectivity index (χ0) is 10.6. The fourth-order valence-corrected chi connectivity index (χ4v) is 1.99. The van der Waals surface area contributed by atoms with Crippen LogP contribution in [0.25, 0.3) is 0 Å². The Morgan fingerprint density at radius 1 is 1.23 bits per heavy atom. The number of aliphatic hydroxyl groups excluding tert-OH is 1. The summed E-state index contributed by atoms with van der Waals surface area (Å²) in [6.07, 6.45) is 0. The van der Waals surface area contributed by atoms with Crippen LogP contribution in [-0.4, -0.2) is 24.8 Å². The van der Waals surface area contributed by atoms with Gasteiger partial charge in [-0.05, 0) is 18.4 Å². The second-order valence-electron chi connectivity index (χ2n) is 5.22. The van der Waals surface area contributed by atoms with E-state index >= 15 is 0 Å². The Morgan fingerprint density at radius 2 is 1.69 bits per heavy atom. The summed E-state index contributed by atoms with van der Waals surface area (Å²) >= 11 is 0. The molecule has 0 saturated carbocycles. The van der Waals surface area contributed by atoms with Crippen molar-refractivity contribution in [1.29, 1.82) is 0 Å². The highest BCUT2D eigenvalue weighted by atomic mass is 16.3. The van der Waals surface area contributed by atoms with Crippen LogP contribution in [0.5, 0.6) is 0 Å². The summed E-state index contributed by atoms with van der Waals surface area (Å²) in [4.78, 5) is 0. The van der Waals surface area contributed by atoms with Crippen molar-refractivity contribution in [2.24, 2.45) is 17.3 Å². The van der Waals surface area contributed by atoms with E-state index in [1.165, 1.54) is 0 Å². The van der Waals surface area contributed by atoms with E-state index in [1.807, 2.05) is 7.05 Å². The molecule has 2 unspecified atom stereocenters. The fourth-order valence-electron chi connectivity index (χ4n) is 1.99. The van der Waals surface area contributed by atoms with Crippen molar-refractivity contribution in [3.63, 3.8) is 0 Å². The molecule has 80 valence electrons. The lowest BCUT2D eigenvalue weighted by atomic mass is 9.75. The standard InChI is InChI=1S/C11H25NO/c1-8(2)9(7-13)10(12-6)11(3,4)5/h8-10,12-13H,7H2,1-6H3. The van der Waals surface area contributed by atoms with Gasteiger partial charge in [0, 0.05) is 18.6 Å². The average molecular weight is 187 g/mol. The number of rotatable bonds is 4. The highest BCUT2D eigenvalue weighted by Crippen LogP contribution is 2.28. The van der Waals surface area contributed by atoms with Gasteiger partial charge in [-0.1, -0.05) is 34.6 Å². The van der Waals surface area contributed by atoms with E-state index in [2.05, 4.69) is 39.9 Å². The van der Waals surface area contributed by atoms with Crippen molar-refractivity contribution in [2.75, 3.05) is 13.7 Å². The summed E-state index contributed by atoms with van der Waals surface area (Å²) in [5.74, 6) is 0.853. The van der Waals surface area contributed by atoms with Crippen molar-refractivity contribution in [2.45, 2.75) is 40.7 Å². The lowest BCUT2D eigenvalue weighted by Crippen LogP contribution is -2.47. The van der Waals surface area contributed by atoms with Gasteiger partial charge in [-0.3, -0.25) is 0 Å². The minimum absolute atomic E-state index is 0.201. The van der Waals surface area contributed by atoms with Crippen molar-refractivity contribution in [1.82, 2.24) is 5.32 Å². The maximum atomic E-state index is 9.32. The molecule has 0 rings (SSSR count). The summed E-state index contributed by atoms with van der Waals surface area (Å²) in [5.41, 5.74) is 0.201. The molecule has 0 bridgehead atoms. The predicted molar refractivity (Wildman–Crippen MR) is 57.7 cm³/mol. The van der Waals surface area contributed by atoms with Gasteiger partial charge in [0.05, 0.1) is 0 Å². The van der Waals surface area contributed by atoms with E-state index in [1.54, 1.807) is 0 Å². The fraction of sp³-hybridized carbons (Fsp3) is 1.00. The molecule has 0 spiro atoms. The first-order chi connectivity index (χ1) is 5.84. The van der Waals surface area contributed by atoms with Gasteiger partial charge in [-0.2, -0.15) is 0 Å². The van der Waals surface area contributed by atoms with Crippen LogP contribution >= 0.6 is 0 Å². The summed E-state index contributed by atoms with van der Waals surface area (Å²) in [6, 6.07) is 0.373. The predicted octanol–water partition coefficient (Wildman–Crippen LogP) is 1.88. The van der Waals surface area contributed by atoms with Crippen LogP contribution in [0, 0.1) is 17.3 Å². The molecule has 0 aliphatic carbocycles. The van der Waals surface area contributed by atoms with Crippen molar-refractivity contribution in [3.05, 3.63) is 0 Å². The van der Waals surface area contributed by atoms with Crippen LogP contribution in [0.4, 0.5) is 0 Å². The SMILES string of the molecule is CNC(C(CO)C(C)C)C(C)(C)C. The smallest absolute Gasteiger partial charge is 0.0476 e. The topological polar surface area (TPSA) is 32.3 Å². The number of hydrogen-bond acceptors (Lipinski definition) is 2. The molecule has 2 heteroatoms. The van der Waals surface area contributed by atoms with Crippen LogP contribution in [0.3, 0.4) is 0 Å². The Balaban J connectivity index is 4.53. The molecule has 0 aliphatic heterocycles. The monoisotopic (exact) mass is 187 g/mol. The first-order valence-electron chi connectivity index (χ1n) is 5.12. The highest BCUT2D eigenvalue weighted by Gasteiger charge is 2.32. The maximum absolute atomic E-state index is 9.32. The van der Waals surface area contributed by atoms with E-state index in [0.717, 1.165) is 0 Å². The van der Waals surface area contributed by atoms with Gasteiger partial charge in [0.15, 0.2) is 0 Å². The molecule has 2 nitrogen and oxygen atoms in total. The first kappa shape index (κ1) is 12.9. The quantitative estimate of drug-likeness (QED) is 0.704. The van der Waals surface area contributed by atoms with Gasteiger partial charge in [0.1, 0.15) is 0 Å². The van der Waals surface area contributed by atoms with Gasteiger partial charge in [-0.15, -0.1) is 0 Å². The summed E-state index contributed by atoms with van der Waals surface area (Å²) in [6.45, 7) is 11.2. The third-order valence-electron chi connectivity index (χ3n) is 2.74. The second kappa shape index (κ2) is 4.97. The first-order valence-corrected chi connectivity index (χ1v) is 5.12. The molecule has 0 amide bonds. The lowest BCUT2D eigenvalue weighted by Gasteiger charge is -2.38. The largest absolute Gasteiger partial charge is 0.396 e. The van der Waals surface area contributed by atoms with Gasteiger partial charge < -0.3 is 10.4 Å². The molecule has 0 aromatic heterocycles. The zero-order valence-electron chi connectivity index (χ0n) is 9.89. The Morgan fingerprint density at radius 3 is 1.77 bits per heavy atom. The van der Waals surface area contributed by atoms with Crippen LogP contribution in [0.15, 0.2) is 0 Å². The Hall–Kier alpha value is -0.0800. The van der Waals surface area contributed by atoms with E-state index in [0.29, 0.717) is 17.9 Å². The second-order valence-corrected chi connectivity index (χ2v) is 5.22. The molecule has 0 aliphatic rings. The molecule has 0 radical (unpaired) electrons. The molecule has 0 fully saturated rings. The number of nitrogens with one attached hydrogen (secondary N) is 1. The third kappa shape index (κ3) is 3.65. The minimum Gasteiger partial charge on any atom is -0.396 e. The molecular weight excluding hydrogens is 162 g/mol. The maximum Gasteiger partial charge on any atom is 0.0476 e. The number of aliphatic hydroxyl groups is 1. The molecule has 0 aromatic rings. The van der Waals surface area contributed by atoms with Crippen molar-refractivity contribution in [3.8, 4) is 0 Å². The van der Waals surface area contributed by atoms with Gasteiger partial charge in [0.2, 0.25) is 0 Å². The normalized spacial score (nSPS) is 17.5. The molecule has 0 saturated heterocycles. The van der Waals surface area contributed by atoms with Crippen LogP contribution in [-0.2, 0) is 0 Å². The third-order valence-corrected chi connectivity index (χ3v) is 2.74. The van der Waals surface area contributed by atoms with Crippen molar-refractivity contribution < 1.29 is 5.11 Å². The van der Waals surface area contributed by atoms with Crippen LogP contribution < -0.4 is 5.32 Å². The van der Waals surface area contributed by atoms with Crippen LogP contribution in [0.1, 0.15) is 34.6 Å². The summed E-state index contributed by atoms with van der Waals surface area (Å²) in [5, 5.41) is 12.6. The Bertz CT molecular complexity index is 138. The summed E-state index contributed by atoms with van der Waals surface area (Å²) in [7, 11) is 1.97. The molecular formula is C11H25NO. The summed E-state index contributed by atoms with van der Waals surface area (Å²) < 4.78 is 0. The number of hydrogen-bond donors (Lipinski definition) is 2. The van der Waals surface area contributed by atoms with Crippen molar-refractivity contribution >= 4 is 0 Å². The lowest BCUT2D eigenvalue weighted by molar-refractivity contribution is 0.0987. The van der Waals surface area contributed by atoms with Crippen LogP contribution in [0.2, 0.25) is 0 Å². The molecule has 2 atom stereocenters. The van der Waals surface area contributed by atoms with E-state index in [9.17, 15) is 5.11 Å². The Labute approximate surface area is 82.7 Å². The Kier molecular flexibility index (Phi) is 4.93. The van der Waals surface area contributed by atoms with Gasteiger partial charge >= 0.3 is 0 Å².